The van der Waals surface area contributed by atoms with Gasteiger partial charge in [-0.25, -0.2) is 0 Å². The van der Waals surface area contributed by atoms with Gasteiger partial charge < -0.3 is 9.64 Å². The minimum absolute atomic E-state index is 0.169. The minimum Gasteiger partial charge on any atom is -0.493 e. The Morgan fingerprint density at radius 2 is 1.95 bits per heavy atom. The Hall–Kier alpha value is -2.29. The molecular formula is C19H21NO2. The van der Waals surface area contributed by atoms with Gasteiger partial charge in [0.25, 0.3) is 0 Å². The van der Waals surface area contributed by atoms with E-state index in [1.807, 2.05) is 42.2 Å². The fourth-order valence-corrected chi connectivity index (χ4v) is 2.83. The summed E-state index contributed by atoms with van der Waals surface area (Å²) in [5, 5.41) is 0. The van der Waals surface area contributed by atoms with Gasteiger partial charge in [-0.15, -0.1) is 0 Å². The molecule has 0 unspecified atom stereocenters. The van der Waals surface area contributed by atoms with Crippen molar-refractivity contribution in [1.29, 1.82) is 0 Å². The first-order chi connectivity index (χ1) is 10.7. The molecule has 2 aromatic rings. The lowest BCUT2D eigenvalue weighted by atomic mass is 10.00. The zero-order valence-electron chi connectivity index (χ0n) is 12.9. The lowest BCUT2D eigenvalue weighted by Crippen LogP contribution is -2.36. The van der Waals surface area contributed by atoms with Crippen LogP contribution < -0.4 is 4.74 Å². The van der Waals surface area contributed by atoms with Crippen LogP contribution in [0.5, 0.6) is 5.75 Å². The summed E-state index contributed by atoms with van der Waals surface area (Å²) in [6.07, 6.45) is 1.37. The van der Waals surface area contributed by atoms with Gasteiger partial charge in [-0.1, -0.05) is 36.4 Å². The molecule has 0 fully saturated rings. The number of hydrogen-bond donors (Lipinski definition) is 0. The fourth-order valence-electron chi connectivity index (χ4n) is 2.83. The van der Waals surface area contributed by atoms with Gasteiger partial charge in [0.05, 0.1) is 13.0 Å². The lowest BCUT2D eigenvalue weighted by molar-refractivity contribution is -0.132. The molecule has 3 heteroatoms. The Bertz CT molecular complexity index is 666. The van der Waals surface area contributed by atoms with Crippen molar-refractivity contribution < 1.29 is 9.53 Å². The number of hydrogen-bond acceptors (Lipinski definition) is 2. The van der Waals surface area contributed by atoms with E-state index < -0.39 is 0 Å². The SMILES string of the molecule is Cc1cccc(OCCC(=O)N2CCc3ccccc3C2)c1. The van der Waals surface area contributed by atoms with Crippen molar-refractivity contribution in [2.75, 3.05) is 13.2 Å². The third-order valence-corrected chi connectivity index (χ3v) is 4.06. The Morgan fingerprint density at radius 3 is 2.77 bits per heavy atom. The second kappa shape index (κ2) is 6.65. The van der Waals surface area contributed by atoms with Gasteiger partial charge in [0, 0.05) is 13.1 Å². The van der Waals surface area contributed by atoms with Gasteiger partial charge in [0.15, 0.2) is 0 Å². The minimum atomic E-state index is 0.169. The molecule has 0 radical (unpaired) electrons. The largest absolute Gasteiger partial charge is 0.493 e. The van der Waals surface area contributed by atoms with Crippen LogP contribution in [0.25, 0.3) is 0 Å². The maximum absolute atomic E-state index is 12.3. The van der Waals surface area contributed by atoms with Crippen molar-refractivity contribution in [3.63, 3.8) is 0 Å². The predicted octanol–water partition coefficient (Wildman–Crippen LogP) is 3.35. The molecule has 2 aromatic carbocycles. The van der Waals surface area contributed by atoms with Crippen LogP contribution in [-0.4, -0.2) is 24.0 Å². The quantitative estimate of drug-likeness (QED) is 0.865. The molecule has 114 valence electrons. The normalized spacial score (nSPS) is 13.6. The predicted molar refractivity (Wildman–Crippen MR) is 86.9 cm³/mol. The maximum atomic E-state index is 12.3. The standard InChI is InChI=1S/C19H21NO2/c1-15-5-4-8-18(13-15)22-12-10-19(21)20-11-9-16-6-2-3-7-17(16)14-20/h2-8,13H,9-12,14H2,1H3. The third-order valence-electron chi connectivity index (χ3n) is 4.06. The summed E-state index contributed by atoms with van der Waals surface area (Å²) in [6.45, 7) is 3.99. The number of carbonyl (C=O) groups is 1. The van der Waals surface area contributed by atoms with Crippen molar-refractivity contribution >= 4 is 5.91 Å². The second-order valence-corrected chi connectivity index (χ2v) is 5.75. The first-order valence-corrected chi connectivity index (χ1v) is 7.76. The average Bonchev–Trinajstić information content (AvgIpc) is 2.54. The average molecular weight is 295 g/mol. The number of nitrogens with zero attached hydrogens (tertiary/aromatic N) is 1. The summed E-state index contributed by atoms with van der Waals surface area (Å²) in [5.74, 6) is 0.999. The number of aryl methyl sites for hydroxylation is 1. The number of fused-ring (bicyclic) bond motifs is 1. The second-order valence-electron chi connectivity index (χ2n) is 5.75. The topological polar surface area (TPSA) is 29.5 Å². The summed E-state index contributed by atoms with van der Waals surface area (Å²) >= 11 is 0. The number of amides is 1. The molecule has 0 N–H and O–H groups in total. The van der Waals surface area contributed by atoms with Crippen LogP contribution in [0.15, 0.2) is 48.5 Å². The molecule has 1 amide bonds. The zero-order chi connectivity index (χ0) is 15.4. The van der Waals surface area contributed by atoms with Gasteiger partial charge >= 0.3 is 0 Å². The molecule has 1 aliphatic heterocycles. The summed E-state index contributed by atoms with van der Waals surface area (Å²) in [4.78, 5) is 14.2. The summed E-state index contributed by atoms with van der Waals surface area (Å²) in [7, 11) is 0. The molecule has 0 aliphatic carbocycles. The Balaban J connectivity index is 1.51. The van der Waals surface area contributed by atoms with Gasteiger partial charge in [0.2, 0.25) is 5.91 Å². The highest BCUT2D eigenvalue weighted by atomic mass is 16.5. The van der Waals surface area contributed by atoms with E-state index in [9.17, 15) is 4.79 Å². The van der Waals surface area contributed by atoms with E-state index in [4.69, 9.17) is 4.74 Å². The molecule has 0 saturated heterocycles. The molecule has 1 heterocycles. The molecule has 0 spiro atoms. The summed E-state index contributed by atoms with van der Waals surface area (Å²) in [6, 6.07) is 16.3. The van der Waals surface area contributed by atoms with Crippen LogP contribution in [0.3, 0.4) is 0 Å². The zero-order valence-corrected chi connectivity index (χ0v) is 12.9. The summed E-state index contributed by atoms with van der Waals surface area (Å²) < 4.78 is 5.67. The van der Waals surface area contributed by atoms with Crippen molar-refractivity contribution in [1.82, 2.24) is 4.90 Å². The molecule has 3 nitrogen and oxygen atoms in total. The number of carbonyl (C=O) groups excluding carboxylic acids is 1. The van der Waals surface area contributed by atoms with Crippen LogP contribution in [0.2, 0.25) is 0 Å². The van der Waals surface area contributed by atoms with E-state index in [0.717, 1.165) is 30.8 Å². The fraction of sp³-hybridized carbons (Fsp3) is 0.316. The van der Waals surface area contributed by atoms with Crippen LogP contribution in [0, 0.1) is 6.92 Å². The van der Waals surface area contributed by atoms with E-state index in [2.05, 4.69) is 18.2 Å². The number of benzene rings is 2. The van der Waals surface area contributed by atoms with E-state index in [-0.39, 0.29) is 5.91 Å². The monoisotopic (exact) mass is 295 g/mol. The molecule has 0 saturated carbocycles. The van der Waals surface area contributed by atoms with Crippen molar-refractivity contribution in [3.05, 3.63) is 65.2 Å². The first-order valence-electron chi connectivity index (χ1n) is 7.76. The van der Waals surface area contributed by atoms with Gasteiger partial charge in [0.1, 0.15) is 5.75 Å². The van der Waals surface area contributed by atoms with E-state index in [1.165, 1.54) is 11.1 Å². The van der Waals surface area contributed by atoms with Crippen LogP contribution >= 0.6 is 0 Å². The van der Waals surface area contributed by atoms with E-state index in [1.54, 1.807) is 0 Å². The maximum Gasteiger partial charge on any atom is 0.226 e. The highest BCUT2D eigenvalue weighted by Crippen LogP contribution is 2.19. The van der Waals surface area contributed by atoms with Gasteiger partial charge in [-0.2, -0.15) is 0 Å². The smallest absolute Gasteiger partial charge is 0.226 e. The van der Waals surface area contributed by atoms with Gasteiger partial charge in [-0.05, 0) is 42.2 Å². The van der Waals surface area contributed by atoms with E-state index in [0.29, 0.717) is 13.0 Å². The molecule has 0 atom stereocenters. The Labute approximate surface area is 131 Å². The van der Waals surface area contributed by atoms with Crippen molar-refractivity contribution in [2.45, 2.75) is 26.3 Å². The van der Waals surface area contributed by atoms with Crippen LogP contribution in [-0.2, 0) is 17.8 Å². The third kappa shape index (κ3) is 3.48. The van der Waals surface area contributed by atoms with Crippen LogP contribution in [0.4, 0.5) is 0 Å². The number of rotatable bonds is 4. The molecular weight excluding hydrogens is 274 g/mol. The summed E-state index contributed by atoms with van der Waals surface area (Å²) in [5.41, 5.74) is 3.79. The first kappa shape index (κ1) is 14.6. The molecule has 1 aliphatic rings. The molecule has 22 heavy (non-hydrogen) atoms. The number of ether oxygens (including phenoxy) is 1. The molecule has 0 aromatic heterocycles. The van der Waals surface area contributed by atoms with E-state index >= 15 is 0 Å². The highest BCUT2D eigenvalue weighted by molar-refractivity contribution is 5.76. The van der Waals surface area contributed by atoms with Crippen molar-refractivity contribution in [3.8, 4) is 5.75 Å². The molecule has 3 rings (SSSR count). The van der Waals surface area contributed by atoms with Crippen molar-refractivity contribution in [2.24, 2.45) is 0 Å². The highest BCUT2D eigenvalue weighted by Gasteiger charge is 2.19. The Morgan fingerprint density at radius 1 is 1.14 bits per heavy atom. The van der Waals surface area contributed by atoms with Crippen LogP contribution in [0.1, 0.15) is 23.1 Å². The molecule has 0 bridgehead atoms. The van der Waals surface area contributed by atoms with Gasteiger partial charge in [-0.3, -0.25) is 4.79 Å². The lowest BCUT2D eigenvalue weighted by Gasteiger charge is -2.29. The Kier molecular flexibility index (Phi) is 4.42.